The summed E-state index contributed by atoms with van der Waals surface area (Å²) >= 11 is 0. The molecule has 2 aliphatic rings. The fraction of sp³-hybridized carbons (Fsp3) is 0.273. The highest BCUT2D eigenvalue weighted by Gasteiger charge is 2.40. The number of nitrogens with one attached hydrogen (secondary N) is 2. The fourth-order valence-corrected chi connectivity index (χ4v) is 3.64. The van der Waals surface area contributed by atoms with Crippen LogP contribution < -0.4 is 15.4 Å². The largest absolute Gasteiger partial charge is 0.489 e. The van der Waals surface area contributed by atoms with Crippen molar-refractivity contribution in [2.45, 2.75) is 25.7 Å². The molecule has 0 radical (unpaired) electrons. The van der Waals surface area contributed by atoms with Crippen molar-refractivity contribution in [3.05, 3.63) is 77.0 Å². The SMILES string of the molecule is CC(O)CN1CC2=C(C1=O)C(c1ccc(OCc3ccccc3)cc1)NC(=O)N2. The van der Waals surface area contributed by atoms with E-state index in [4.69, 9.17) is 4.74 Å². The second-order valence-electron chi connectivity index (χ2n) is 7.30. The van der Waals surface area contributed by atoms with E-state index in [-0.39, 0.29) is 18.5 Å². The zero-order valence-corrected chi connectivity index (χ0v) is 16.1. The first-order chi connectivity index (χ1) is 14.0. The van der Waals surface area contributed by atoms with Gasteiger partial charge in [0.1, 0.15) is 12.4 Å². The molecule has 150 valence electrons. The summed E-state index contributed by atoms with van der Waals surface area (Å²) in [5, 5.41) is 15.2. The van der Waals surface area contributed by atoms with E-state index in [1.165, 1.54) is 0 Å². The maximum Gasteiger partial charge on any atom is 0.319 e. The van der Waals surface area contributed by atoms with Gasteiger partial charge in [0.15, 0.2) is 0 Å². The van der Waals surface area contributed by atoms with E-state index in [1.54, 1.807) is 11.8 Å². The van der Waals surface area contributed by atoms with E-state index >= 15 is 0 Å². The smallest absolute Gasteiger partial charge is 0.319 e. The molecule has 29 heavy (non-hydrogen) atoms. The van der Waals surface area contributed by atoms with Gasteiger partial charge in [-0.3, -0.25) is 4.79 Å². The number of rotatable bonds is 6. The van der Waals surface area contributed by atoms with Crippen LogP contribution in [0.25, 0.3) is 0 Å². The van der Waals surface area contributed by atoms with Crippen molar-refractivity contribution in [1.29, 1.82) is 0 Å². The molecule has 2 aromatic rings. The Morgan fingerprint density at radius 1 is 1.14 bits per heavy atom. The van der Waals surface area contributed by atoms with Crippen LogP contribution in [0.1, 0.15) is 24.1 Å². The highest BCUT2D eigenvalue weighted by atomic mass is 16.5. The quantitative estimate of drug-likeness (QED) is 0.701. The molecule has 0 fully saturated rings. The second kappa shape index (κ2) is 7.97. The molecule has 0 saturated carbocycles. The number of β-amino-alcohol motifs (C(OH)–C–C–N with tert-alkyl or cyclic N) is 1. The number of carbonyl (C=O) groups is 2. The molecule has 3 N–H and O–H groups in total. The Kier molecular flexibility index (Phi) is 5.22. The average molecular weight is 393 g/mol. The third-order valence-electron chi connectivity index (χ3n) is 4.97. The number of carbonyl (C=O) groups excluding carboxylic acids is 2. The summed E-state index contributed by atoms with van der Waals surface area (Å²) in [4.78, 5) is 26.5. The normalized spacial score (nSPS) is 19.5. The minimum absolute atomic E-state index is 0.178. The Bertz CT molecular complexity index is 938. The Labute approximate surface area is 169 Å². The Balaban J connectivity index is 1.50. The second-order valence-corrected chi connectivity index (χ2v) is 7.30. The summed E-state index contributed by atoms with van der Waals surface area (Å²) in [6.45, 7) is 2.61. The van der Waals surface area contributed by atoms with Gasteiger partial charge in [0.05, 0.1) is 30.0 Å². The molecule has 0 aromatic heterocycles. The molecule has 0 saturated heterocycles. The molecular weight excluding hydrogens is 370 g/mol. The number of aliphatic hydroxyl groups excluding tert-OH is 1. The number of nitrogens with zero attached hydrogens (tertiary/aromatic N) is 1. The minimum Gasteiger partial charge on any atom is -0.489 e. The summed E-state index contributed by atoms with van der Waals surface area (Å²) in [5.41, 5.74) is 2.98. The Hall–Kier alpha value is -3.32. The van der Waals surface area contributed by atoms with Gasteiger partial charge in [0, 0.05) is 6.54 Å². The molecule has 2 unspecified atom stereocenters. The molecule has 2 aliphatic heterocycles. The molecule has 0 bridgehead atoms. The number of urea groups is 1. The van der Waals surface area contributed by atoms with Gasteiger partial charge in [0.25, 0.3) is 5.91 Å². The minimum atomic E-state index is -0.636. The first-order valence-electron chi connectivity index (χ1n) is 9.56. The fourth-order valence-electron chi connectivity index (χ4n) is 3.64. The summed E-state index contributed by atoms with van der Waals surface area (Å²) in [5.74, 6) is 0.531. The third-order valence-corrected chi connectivity index (χ3v) is 4.97. The van der Waals surface area contributed by atoms with Crippen molar-refractivity contribution in [3.63, 3.8) is 0 Å². The first-order valence-corrected chi connectivity index (χ1v) is 9.56. The monoisotopic (exact) mass is 393 g/mol. The number of ether oxygens (including phenoxy) is 1. The average Bonchev–Trinajstić information content (AvgIpc) is 3.01. The van der Waals surface area contributed by atoms with Crippen molar-refractivity contribution < 1.29 is 19.4 Å². The van der Waals surface area contributed by atoms with Crippen molar-refractivity contribution in [1.82, 2.24) is 15.5 Å². The molecule has 0 aliphatic carbocycles. The van der Waals surface area contributed by atoms with Gasteiger partial charge in [0.2, 0.25) is 0 Å². The highest BCUT2D eigenvalue weighted by Crippen LogP contribution is 2.33. The molecule has 4 rings (SSSR count). The van der Waals surface area contributed by atoms with Crippen molar-refractivity contribution in [3.8, 4) is 5.75 Å². The number of amides is 3. The molecule has 2 aromatic carbocycles. The maximum atomic E-state index is 12.8. The van der Waals surface area contributed by atoms with Crippen LogP contribution >= 0.6 is 0 Å². The van der Waals surface area contributed by atoms with Crippen LogP contribution in [0.5, 0.6) is 5.75 Å². The van der Waals surface area contributed by atoms with E-state index in [0.717, 1.165) is 11.1 Å². The van der Waals surface area contributed by atoms with Gasteiger partial charge in [-0.2, -0.15) is 0 Å². The molecule has 7 nitrogen and oxygen atoms in total. The van der Waals surface area contributed by atoms with Gasteiger partial charge in [-0.15, -0.1) is 0 Å². The van der Waals surface area contributed by atoms with Crippen LogP contribution in [0.15, 0.2) is 65.9 Å². The Morgan fingerprint density at radius 3 is 2.55 bits per heavy atom. The Morgan fingerprint density at radius 2 is 1.86 bits per heavy atom. The number of benzene rings is 2. The predicted octanol–water partition coefficient (Wildman–Crippen LogP) is 2.10. The maximum absolute atomic E-state index is 12.8. The molecule has 2 heterocycles. The van der Waals surface area contributed by atoms with Crippen molar-refractivity contribution in [2.24, 2.45) is 0 Å². The van der Waals surface area contributed by atoms with Crippen LogP contribution in [0.4, 0.5) is 4.79 Å². The number of hydrogen-bond acceptors (Lipinski definition) is 4. The molecule has 2 atom stereocenters. The molecule has 0 spiro atoms. The summed E-state index contributed by atoms with van der Waals surface area (Å²) < 4.78 is 5.81. The van der Waals surface area contributed by atoms with Crippen LogP contribution in [0, 0.1) is 0 Å². The third kappa shape index (κ3) is 4.09. The van der Waals surface area contributed by atoms with Crippen LogP contribution in [-0.2, 0) is 11.4 Å². The zero-order chi connectivity index (χ0) is 20.4. The number of hydrogen-bond donors (Lipinski definition) is 3. The van der Waals surface area contributed by atoms with Crippen LogP contribution in [0.2, 0.25) is 0 Å². The first kappa shape index (κ1) is 19.0. The number of aliphatic hydroxyl groups is 1. The van der Waals surface area contributed by atoms with Gasteiger partial charge >= 0.3 is 6.03 Å². The summed E-state index contributed by atoms with van der Waals surface area (Å²) in [6, 6.07) is 16.4. The van der Waals surface area contributed by atoms with E-state index in [9.17, 15) is 14.7 Å². The standard InChI is InChI=1S/C22H23N3O4/c1-14(26)11-25-12-18-19(21(25)27)20(24-22(28)23-18)16-7-9-17(10-8-16)29-13-15-5-3-2-4-6-15/h2-10,14,20,26H,11-13H2,1H3,(H2,23,24,28). The lowest BCUT2D eigenvalue weighted by molar-refractivity contribution is -0.126. The van der Waals surface area contributed by atoms with Gasteiger partial charge < -0.3 is 25.4 Å². The topological polar surface area (TPSA) is 90.9 Å². The van der Waals surface area contributed by atoms with Gasteiger partial charge in [-0.25, -0.2) is 4.79 Å². The van der Waals surface area contributed by atoms with Crippen molar-refractivity contribution >= 4 is 11.9 Å². The molecular formula is C22H23N3O4. The molecule has 3 amide bonds. The van der Waals surface area contributed by atoms with Crippen LogP contribution in [0.3, 0.4) is 0 Å². The predicted molar refractivity (Wildman–Crippen MR) is 107 cm³/mol. The molecule has 7 heteroatoms. The lowest BCUT2D eigenvalue weighted by Gasteiger charge is -2.25. The lowest BCUT2D eigenvalue weighted by atomic mass is 9.96. The summed E-state index contributed by atoms with van der Waals surface area (Å²) in [6.07, 6.45) is -0.636. The highest BCUT2D eigenvalue weighted by molar-refractivity contribution is 6.01. The van der Waals surface area contributed by atoms with E-state index in [1.807, 2.05) is 54.6 Å². The van der Waals surface area contributed by atoms with E-state index in [2.05, 4.69) is 10.6 Å². The summed E-state index contributed by atoms with van der Waals surface area (Å²) in [7, 11) is 0. The van der Waals surface area contributed by atoms with E-state index in [0.29, 0.717) is 30.2 Å². The zero-order valence-electron chi connectivity index (χ0n) is 16.1. The van der Waals surface area contributed by atoms with Gasteiger partial charge in [-0.1, -0.05) is 42.5 Å². The lowest BCUT2D eigenvalue weighted by Crippen LogP contribution is -2.44. The van der Waals surface area contributed by atoms with Crippen molar-refractivity contribution in [2.75, 3.05) is 13.1 Å². The van der Waals surface area contributed by atoms with Gasteiger partial charge in [-0.05, 0) is 30.2 Å². The van der Waals surface area contributed by atoms with Crippen LogP contribution in [-0.4, -0.2) is 41.1 Å². The van der Waals surface area contributed by atoms with E-state index < -0.39 is 12.1 Å².